The third kappa shape index (κ3) is 3.00. The van der Waals surface area contributed by atoms with Gasteiger partial charge >= 0.3 is 0 Å². The number of methoxy groups -OCH3 is 1. The van der Waals surface area contributed by atoms with E-state index in [2.05, 4.69) is 4.98 Å². The van der Waals surface area contributed by atoms with Crippen LogP contribution in [0.25, 0.3) is 0 Å². The Balaban J connectivity index is 2.08. The summed E-state index contributed by atoms with van der Waals surface area (Å²) < 4.78 is 10.9. The molecule has 1 heterocycles. The average Bonchev–Trinajstić information content (AvgIpc) is 2.82. The fraction of sp³-hybridized carbons (Fsp3) is 0.308. The Morgan fingerprint density at radius 3 is 2.78 bits per heavy atom. The van der Waals surface area contributed by atoms with Gasteiger partial charge in [-0.25, -0.2) is 4.98 Å². The second-order valence-electron chi connectivity index (χ2n) is 3.79. The molecule has 5 heteroatoms. The molecule has 96 valence electrons. The molecule has 2 rings (SSSR count). The van der Waals surface area contributed by atoms with E-state index in [0.29, 0.717) is 18.1 Å². The van der Waals surface area contributed by atoms with Crippen molar-refractivity contribution in [3.63, 3.8) is 0 Å². The van der Waals surface area contributed by atoms with Gasteiger partial charge in [0.15, 0.2) is 11.5 Å². The van der Waals surface area contributed by atoms with Gasteiger partial charge in [-0.3, -0.25) is 0 Å². The lowest BCUT2D eigenvalue weighted by Gasteiger charge is -2.10. The summed E-state index contributed by atoms with van der Waals surface area (Å²) in [6.45, 7) is 2.37. The summed E-state index contributed by atoms with van der Waals surface area (Å²) in [4.78, 5) is 4.33. The van der Waals surface area contributed by atoms with Gasteiger partial charge in [-0.15, -0.1) is 11.3 Å². The number of rotatable bonds is 5. The summed E-state index contributed by atoms with van der Waals surface area (Å²) in [7, 11) is 1.58. The normalized spacial score (nSPS) is 10.4. The number of ether oxygens (including phenoxy) is 2. The van der Waals surface area contributed by atoms with E-state index in [-0.39, 0.29) is 6.61 Å². The van der Waals surface area contributed by atoms with Gasteiger partial charge in [0, 0.05) is 5.38 Å². The predicted octanol–water partition coefficient (Wildman–Crippen LogP) is 2.53. The summed E-state index contributed by atoms with van der Waals surface area (Å²) in [6.07, 6.45) is 0. The molecule has 0 bridgehead atoms. The molecule has 1 aromatic carbocycles. The molecular weight excluding hydrogens is 250 g/mol. The molecule has 4 nitrogen and oxygen atoms in total. The third-order valence-electron chi connectivity index (χ3n) is 2.45. The van der Waals surface area contributed by atoms with Gasteiger partial charge in [0.05, 0.1) is 24.4 Å². The van der Waals surface area contributed by atoms with Gasteiger partial charge < -0.3 is 14.6 Å². The average molecular weight is 265 g/mol. The van der Waals surface area contributed by atoms with Crippen molar-refractivity contribution in [2.75, 3.05) is 7.11 Å². The van der Waals surface area contributed by atoms with Crippen molar-refractivity contribution in [2.45, 2.75) is 20.1 Å². The zero-order valence-corrected chi connectivity index (χ0v) is 11.2. The molecule has 0 aliphatic rings. The molecular formula is C13H15NO3S. The van der Waals surface area contributed by atoms with Crippen molar-refractivity contribution in [2.24, 2.45) is 0 Å². The summed E-state index contributed by atoms with van der Waals surface area (Å²) in [6, 6.07) is 5.37. The lowest BCUT2D eigenvalue weighted by atomic mass is 10.2. The molecule has 1 N–H and O–H groups in total. The van der Waals surface area contributed by atoms with Crippen molar-refractivity contribution in [1.29, 1.82) is 0 Å². The summed E-state index contributed by atoms with van der Waals surface area (Å²) >= 11 is 1.60. The van der Waals surface area contributed by atoms with Crippen LogP contribution in [-0.4, -0.2) is 17.2 Å². The fourth-order valence-electron chi connectivity index (χ4n) is 1.56. The van der Waals surface area contributed by atoms with Crippen molar-refractivity contribution >= 4 is 11.3 Å². The van der Waals surface area contributed by atoms with Crippen LogP contribution >= 0.6 is 11.3 Å². The molecule has 2 aromatic rings. The van der Waals surface area contributed by atoms with E-state index in [9.17, 15) is 0 Å². The van der Waals surface area contributed by atoms with Crippen LogP contribution in [0.15, 0.2) is 23.6 Å². The highest BCUT2D eigenvalue weighted by atomic mass is 32.1. The Hall–Kier alpha value is -1.59. The Bertz CT molecular complexity index is 525. The van der Waals surface area contributed by atoms with Crippen LogP contribution < -0.4 is 9.47 Å². The number of nitrogens with zero attached hydrogens (tertiary/aromatic N) is 1. The fourth-order valence-corrected chi connectivity index (χ4v) is 2.15. The Morgan fingerprint density at radius 1 is 1.33 bits per heavy atom. The van der Waals surface area contributed by atoms with Crippen LogP contribution in [0.4, 0.5) is 0 Å². The lowest BCUT2D eigenvalue weighted by molar-refractivity contribution is 0.273. The summed E-state index contributed by atoms with van der Waals surface area (Å²) in [5.41, 5.74) is 1.70. The second kappa shape index (κ2) is 5.84. The smallest absolute Gasteiger partial charge is 0.161 e. The van der Waals surface area contributed by atoms with Crippen molar-refractivity contribution in [1.82, 2.24) is 4.98 Å². The first-order valence-corrected chi connectivity index (χ1v) is 6.42. The van der Waals surface area contributed by atoms with Gasteiger partial charge in [-0.05, 0) is 24.6 Å². The molecule has 0 aliphatic carbocycles. The number of hydrogen-bond donors (Lipinski definition) is 1. The van der Waals surface area contributed by atoms with E-state index < -0.39 is 0 Å². The largest absolute Gasteiger partial charge is 0.493 e. The van der Waals surface area contributed by atoms with Gasteiger partial charge in [0.25, 0.3) is 0 Å². The molecule has 0 fully saturated rings. The van der Waals surface area contributed by atoms with Crippen LogP contribution in [0.1, 0.15) is 16.3 Å². The van der Waals surface area contributed by atoms with E-state index >= 15 is 0 Å². The first-order chi connectivity index (χ1) is 8.72. The summed E-state index contributed by atoms with van der Waals surface area (Å²) in [5, 5.41) is 12.1. The Kier molecular flexibility index (Phi) is 4.17. The van der Waals surface area contributed by atoms with Crippen LogP contribution in [0.2, 0.25) is 0 Å². The third-order valence-corrected chi connectivity index (χ3v) is 3.28. The minimum absolute atomic E-state index is 0.0120. The zero-order valence-electron chi connectivity index (χ0n) is 10.3. The number of thiazole rings is 1. The second-order valence-corrected chi connectivity index (χ2v) is 4.85. The number of aromatic nitrogens is 1. The van der Waals surface area contributed by atoms with Gasteiger partial charge in [-0.1, -0.05) is 6.07 Å². The molecule has 0 unspecified atom stereocenters. The van der Waals surface area contributed by atoms with Crippen LogP contribution in [0.3, 0.4) is 0 Å². The Morgan fingerprint density at radius 2 is 2.17 bits per heavy atom. The number of aryl methyl sites for hydroxylation is 1. The zero-order chi connectivity index (χ0) is 13.0. The van der Waals surface area contributed by atoms with Crippen molar-refractivity contribution < 1.29 is 14.6 Å². The number of benzene rings is 1. The molecule has 0 spiro atoms. The van der Waals surface area contributed by atoms with Gasteiger partial charge in [0.2, 0.25) is 0 Å². The highest BCUT2D eigenvalue weighted by Crippen LogP contribution is 2.28. The minimum atomic E-state index is -0.0120. The first-order valence-electron chi connectivity index (χ1n) is 5.54. The molecule has 18 heavy (non-hydrogen) atoms. The Labute approximate surface area is 110 Å². The predicted molar refractivity (Wildman–Crippen MR) is 70.1 cm³/mol. The number of aliphatic hydroxyl groups is 1. The molecule has 0 radical (unpaired) electrons. The van der Waals surface area contributed by atoms with Crippen LogP contribution in [-0.2, 0) is 13.2 Å². The maximum absolute atomic E-state index is 9.05. The highest BCUT2D eigenvalue weighted by molar-refractivity contribution is 7.09. The molecule has 0 aliphatic heterocycles. The SMILES string of the molecule is COc1cc(CO)ccc1OCc1csc(C)n1. The van der Waals surface area contributed by atoms with E-state index in [1.54, 1.807) is 30.6 Å². The molecule has 0 saturated heterocycles. The maximum atomic E-state index is 9.05. The molecule has 0 amide bonds. The van der Waals surface area contributed by atoms with E-state index in [4.69, 9.17) is 14.6 Å². The quantitative estimate of drug-likeness (QED) is 0.902. The highest BCUT2D eigenvalue weighted by Gasteiger charge is 2.07. The van der Waals surface area contributed by atoms with E-state index in [1.807, 2.05) is 18.4 Å². The molecule has 0 saturated carbocycles. The van der Waals surface area contributed by atoms with Crippen molar-refractivity contribution in [3.8, 4) is 11.5 Å². The molecule has 1 aromatic heterocycles. The number of aliphatic hydroxyl groups excluding tert-OH is 1. The van der Waals surface area contributed by atoms with Crippen LogP contribution in [0, 0.1) is 6.92 Å². The van der Waals surface area contributed by atoms with Gasteiger partial charge in [-0.2, -0.15) is 0 Å². The monoisotopic (exact) mass is 265 g/mol. The van der Waals surface area contributed by atoms with E-state index in [1.165, 1.54) is 0 Å². The van der Waals surface area contributed by atoms with Crippen LogP contribution in [0.5, 0.6) is 11.5 Å². The topological polar surface area (TPSA) is 51.6 Å². The van der Waals surface area contributed by atoms with Crippen molar-refractivity contribution in [3.05, 3.63) is 39.8 Å². The standard InChI is InChI=1S/C13H15NO3S/c1-9-14-11(8-18-9)7-17-12-4-3-10(6-15)5-13(12)16-2/h3-5,8,15H,6-7H2,1-2H3. The minimum Gasteiger partial charge on any atom is -0.493 e. The van der Waals surface area contributed by atoms with Gasteiger partial charge in [0.1, 0.15) is 6.61 Å². The lowest BCUT2D eigenvalue weighted by Crippen LogP contribution is -1.98. The summed E-state index contributed by atoms with van der Waals surface area (Å²) in [5.74, 6) is 1.27. The van der Waals surface area contributed by atoms with E-state index in [0.717, 1.165) is 16.3 Å². The number of hydrogen-bond acceptors (Lipinski definition) is 5. The first kappa shape index (κ1) is 12.9. The molecule has 0 atom stereocenters. The maximum Gasteiger partial charge on any atom is 0.161 e.